The van der Waals surface area contributed by atoms with Gasteiger partial charge in [0, 0.05) is 13.1 Å². The van der Waals surface area contributed by atoms with E-state index >= 15 is 0 Å². The summed E-state index contributed by atoms with van der Waals surface area (Å²) in [4.78, 5) is 25.1. The number of carbonyl (C=O) groups is 2. The summed E-state index contributed by atoms with van der Waals surface area (Å²) in [5.41, 5.74) is -1.02. The minimum Gasteiger partial charge on any atom is -0.480 e. The van der Waals surface area contributed by atoms with Gasteiger partial charge in [0.1, 0.15) is 5.54 Å². The highest BCUT2D eigenvalue weighted by Crippen LogP contribution is 2.12. The molecule has 0 radical (unpaired) electrons. The van der Waals surface area contributed by atoms with Crippen molar-refractivity contribution < 1.29 is 14.7 Å². The summed E-state index contributed by atoms with van der Waals surface area (Å²) in [6.07, 6.45) is 6.17. The Morgan fingerprint density at radius 2 is 1.68 bits per heavy atom. The molecular formula is C14H26N2O3. The third-order valence-electron chi connectivity index (χ3n) is 4.02. The molecule has 2 N–H and O–H groups in total. The smallest absolute Gasteiger partial charge is 0.323 e. The van der Waals surface area contributed by atoms with Crippen molar-refractivity contribution in [2.24, 2.45) is 0 Å². The number of nitrogens with one attached hydrogen (secondary N) is 1. The second-order valence-electron chi connectivity index (χ2n) is 5.49. The van der Waals surface area contributed by atoms with Crippen molar-refractivity contribution in [1.82, 2.24) is 10.2 Å². The summed E-state index contributed by atoms with van der Waals surface area (Å²) in [5, 5.41) is 12.0. The van der Waals surface area contributed by atoms with Crippen LogP contribution >= 0.6 is 0 Å². The molecule has 0 saturated carbocycles. The average Bonchev–Trinajstić information content (AvgIpc) is 2.35. The van der Waals surface area contributed by atoms with E-state index in [0.717, 1.165) is 25.9 Å². The van der Waals surface area contributed by atoms with Crippen LogP contribution in [0.3, 0.4) is 0 Å². The Kier molecular flexibility index (Phi) is 6.28. The van der Waals surface area contributed by atoms with Gasteiger partial charge >= 0.3 is 5.97 Å². The van der Waals surface area contributed by atoms with E-state index in [1.807, 2.05) is 11.8 Å². The molecule has 0 aliphatic carbocycles. The minimum absolute atomic E-state index is 0.0165. The van der Waals surface area contributed by atoms with Gasteiger partial charge in [0.25, 0.3) is 0 Å². The van der Waals surface area contributed by atoms with E-state index in [4.69, 9.17) is 5.11 Å². The monoisotopic (exact) mass is 270 g/mol. The third-order valence-corrected chi connectivity index (χ3v) is 4.02. The lowest BCUT2D eigenvalue weighted by Crippen LogP contribution is -2.53. The number of carboxylic acids is 1. The quantitative estimate of drug-likeness (QED) is 0.796. The van der Waals surface area contributed by atoms with Crippen LogP contribution in [0.4, 0.5) is 0 Å². The lowest BCUT2D eigenvalue weighted by molar-refractivity contribution is -0.144. The number of amides is 1. The summed E-state index contributed by atoms with van der Waals surface area (Å²) >= 11 is 0. The molecule has 0 aromatic heterocycles. The van der Waals surface area contributed by atoms with Crippen LogP contribution in [0.15, 0.2) is 0 Å². The summed E-state index contributed by atoms with van der Waals surface area (Å²) in [6.45, 7) is 5.14. The number of likely N-dealkylation sites (tertiary alicyclic amines) is 1. The van der Waals surface area contributed by atoms with Crippen LogP contribution in [0.25, 0.3) is 0 Å². The second kappa shape index (κ2) is 7.48. The first-order chi connectivity index (χ1) is 8.99. The lowest BCUT2D eigenvalue weighted by atomic mass is 9.99. The zero-order valence-electron chi connectivity index (χ0n) is 12.1. The number of nitrogens with zero attached hydrogens (tertiary/aromatic N) is 1. The van der Waals surface area contributed by atoms with Gasteiger partial charge in [-0.25, -0.2) is 0 Å². The zero-order valence-corrected chi connectivity index (χ0v) is 12.1. The molecule has 19 heavy (non-hydrogen) atoms. The van der Waals surface area contributed by atoms with Crippen molar-refractivity contribution in [3.05, 3.63) is 0 Å². The Hall–Kier alpha value is -1.10. The summed E-state index contributed by atoms with van der Waals surface area (Å²) in [7, 11) is 0. The van der Waals surface area contributed by atoms with Crippen LogP contribution in [0, 0.1) is 0 Å². The fourth-order valence-corrected chi connectivity index (χ4v) is 2.23. The molecule has 0 aromatic carbocycles. The number of hydrogen-bond acceptors (Lipinski definition) is 3. The van der Waals surface area contributed by atoms with Crippen LogP contribution in [0.5, 0.6) is 0 Å². The molecule has 5 nitrogen and oxygen atoms in total. The number of aliphatic carboxylic acids is 1. The number of hydrogen-bond donors (Lipinski definition) is 2. The molecular weight excluding hydrogens is 244 g/mol. The van der Waals surface area contributed by atoms with Crippen molar-refractivity contribution in [2.75, 3.05) is 19.6 Å². The van der Waals surface area contributed by atoms with Gasteiger partial charge < -0.3 is 10.0 Å². The number of carboxylic acid groups (broad SMARTS) is 1. The van der Waals surface area contributed by atoms with Gasteiger partial charge in [0.2, 0.25) is 5.91 Å². The van der Waals surface area contributed by atoms with E-state index in [2.05, 4.69) is 5.32 Å². The van der Waals surface area contributed by atoms with Gasteiger partial charge in [-0.2, -0.15) is 0 Å². The highest BCUT2D eigenvalue weighted by atomic mass is 16.4. The van der Waals surface area contributed by atoms with Gasteiger partial charge in [-0.05, 0) is 26.2 Å². The molecule has 1 unspecified atom stereocenters. The molecule has 1 fully saturated rings. The van der Waals surface area contributed by atoms with Crippen molar-refractivity contribution in [1.29, 1.82) is 0 Å². The Morgan fingerprint density at radius 3 is 2.16 bits per heavy atom. The van der Waals surface area contributed by atoms with Gasteiger partial charge in [0.15, 0.2) is 0 Å². The SMILES string of the molecule is CCC(C)(NCC(=O)N1CCCCCCC1)C(=O)O. The number of rotatable bonds is 5. The maximum absolute atomic E-state index is 12.1. The Bertz CT molecular complexity index is 312. The predicted octanol–water partition coefficient (Wildman–Crippen LogP) is 1.62. The van der Waals surface area contributed by atoms with Crippen LogP contribution in [-0.2, 0) is 9.59 Å². The Balaban J connectivity index is 2.46. The molecule has 0 bridgehead atoms. The highest BCUT2D eigenvalue weighted by molar-refractivity contribution is 5.82. The van der Waals surface area contributed by atoms with Crippen LogP contribution in [0.1, 0.15) is 52.4 Å². The fourth-order valence-electron chi connectivity index (χ4n) is 2.23. The maximum atomic E-state index is 12.1. The molecule has 1 aliphatic heterocycles. The van der Waals surface area contributed by atoms with E-state index in [1.165, 1.54) is 19.3 Å². The molecule has 1 rings (SSSR count). The molecule has 1 aliphatic rings. The largest absolute Gasteiger partial charge is 0.480 e. The topological polar surface area (TPSA) is 69.6 Å². The average molecular weight is 270 g/mol. The van der Waals surface area contributed by atoms with Gasteiger partial charge in [-0.3, -0.25) is 14.9 Å². The van der Waals surface area contributed by atoms with Crippen molar-refractivity contribution in [3.63, 3.8) is 0 Å². The second-order valence-corrected chi connectivity index (χ2v) is 5.49. The molecule has 5 heteroatoms. The van der Waals surface area contributed by atoms with Crippen LogP contribution < -0.4 is 5.32 Å². The van der Waals surface area contributed by atoms with Gasteiger partial charge in [-0.15, -0.1) is 0 Å². The zero-order chi connectivity index (χ0) is 14.3. The third kappa shape index (κ3) is 4.82. The maximum Gasteiger partial charge on any atom is 0.323 e. The predicted molar refractivity (Wildman–Crippen MR) is 74.0 cm³/mol. The molecule has 0 spiro atoms. The summed E-state index contributed by atoms with van der Waals surface area (Å²) in [6, 6.07) is 0. The van der Waals surface area contributed by atoms with E-state index in [9.17, 15) is 9.59 Å². The van der Waals surface area contributed by atoms with E-state index in [1.54, 1.807) is 6.92 Å². The highest BCUT2D eigenvalue weighted by Gasteiger charge is 2.31. The first-order valence-corrected chi connectivity index (χ1v) is 7.26. The van der Waals surface area contributed by atoms with Crippen LogP contribution in [0.2, 0.25) is 0 Å². The normalized spacial score (nSPS) is 20.2. The van der Waals surface area contributed by atoms with Crippen LogP contribution in [-0.4, -0.2) is 47.1 Å². The van der Waals surface area contributed by atoms with Crippen molar-refractivity contribution >= 4 is 11.9 Å². The molecule has 0 aromatic rings. The van der Waals surface area contributed by atoms with Gasteiger partial charge in [0.05, 0.1) is 6.54 Å². The van der Waals surface area contributed by atoms with Gasteiger partial charge in [-0.1, -0.05) is 26.2 Å². The van der Waals surface area contributed by atoms with E-state index in [0.29, 0.717) is 6.42 Å². The Labute approximate surface area is 115 Å². The standard InChI is InChI=1S/C14H26N2O3/c1-3-14(2,13(18)19)15-11-12(17)16-9-7-5-4-6-8-10-16/h15H,3-11H2,1-2H3,(H,18,19). The molecule has 1 heterocycles. The molecule has 110 valence electrons. The number of carbonyl (C=O) groups excluding carboxylic acids is 1. The Morgan fingerprint density at radius 1 is 1.16 bits per heavy atom. The lowest BCUT2D eigenvalue weighted by Gasteiger charge is -2.28. The molecule has 1 saturated heterocycles. The minimum atomic E-state index is -1.02. The summed E-state index contributed by atoms with van der Waals surface area (Å²) < 4.78 is 0. The molecule has 1 amide bonds. The first-order valence-electron chi connectivity index (χ1n) is 7.26. The van der Waals surface area contributed by atoms with Crippen molar-refractivity contribution in [2.45, 2.75) is 57.9 Å². The van der Waals surface area contributed by atoms with Crippen molar-refractivity contribution in [3.8, 4) is 0 Å². The fraction of sp³-hybridized carbons (Fsp3) is 0.857. The molecule has 1 atom stereocenters. The van der Waals surface area contributed by atoms with E-state index < -0.39 is 11.5 Å². The first kappa shape index (κ1) is 16.0. The van der Waals surface area contributed by atoms with E-state index in [-0.39, 0.29) is 12.5 Å². The summed E-state index contributed by atoms with van der Waals surface area (Å²) in [5.74, 6) is -0.890.